The van der Waals surface area contributed by atoms with Gasteiger partial charge in [0.1, 0.15) is 5.75 Å². The van der Waals surface area contributed by atoms with E-state index in [-0.39, 0.29) is 10.6 Å². The van der Waals surface area contributed by atoms with Crippen LogP contribution >= 0.6 is 11.3 Å². The van der Waals surface area contributed by atoms with Crippen LogP contribution < -0.4 is 4.72 Å². The van der Waals surface area contributed by atoms with Crippen molar-refractivity contribution >= 4 is 27.0 Å². The third kappa shape index (κ3) is 3.38. The molecule has 0 saturated heterocycles. The first-order valence-electron chi connectivity index (χ1n) is 6.92. The van der Waals surface area contributed by atoms with E-state index in [4.69, 9.17) is 0 Å². The molecule has 0 aliphatic heterocycles. The fourth-order valence-electron chi connectivity index (χ4n) is 2.16. The van der Waals surface area contributed by atoms with Gasteiger partial charge in [-0.3, -0.25) is 4.72 Å². The Morgan fingerprint density at radius 1 is 1.04 bits per heavy atom. The molecule has 2 N–H and O–H groups in total. The Hall–Kier alpha value is -2.31. The molecule has 1 aromatic heterocycles. The summed E-state index contributed by atoms with van der Waals surface area (Å²) in [7, 11) is -3.70. The zero-order valence-electron chi connectivity index (χ0n) is 12.4. The Labute approximate surface area is 139 Å². The summed E-state index contributed by atoms with van der Waals surface area (Å²) in [6.45, 7) is 1.85. The Morgan fingerprint density at radius 3 is 2.43 bits per heavy atom. The summed E-state index contributed by atoms with van der Waals surface area (Å²) in [5, 5.41) is 11.3. The van der Waals surface area contributed by atoms with Gasteiger partial charge in [0, 0.05) is 4.88 Å². The number of benzene rings is 2. The third-order valence-electron chi connectivity index (χ3n) is 3.43. The Morgan fingerprint density at radius 2 is 1.78 bits per heavy atom. The maximum absolute atomic E-state index is 12.5. The summed E-state index contributed by atoms with van der Waals surface area (Å²) in [6, 6.07) is 15.1. The fourth-order valence-corrected chi connectivity index (χ4v) is 4.00. The number of hydrogen-bond donors (Lipinski definition) is 2. The van der Waals surface area contributed by atoms with E-state index in [1.807, 2.05) is 42.6 Å². The predicted octanol–water partition coefficient (Wildman–Crippen LogP) is 4.23. The van der Waals surface area contributed by atoms with E-state index in [1.165, 1.54) is 24.3 Å². The summed E-state index contributed by atoms with van der Waals surface area (Å²) in [5.41, 5.74) is 2.35. The van der Waals surface area contributed by atoms with Crippen LogP contribution in [0.25, 0.3) is 10.4 Å². The second-order valence-corrected chi connectivity index (χ2v) is 7.74. The number of hydrogen-bond acceptors (Lipinski definition) is 4. The lowest BCUT2D eigenvalue weighted by Crippen LogP contribution is -2.13. The number of nitrogens with one attached hydrogen (secondary N) is 1. The van der Waals surface area contributed by atoms with E-state index >= 15 is 0 Å². The van der Waals surface area contributed by atoms with Gasteiger partial charge >= 0.3 is 0 Å². The van der Waals surface area contributed by atoms with Gasteiger partial charge in [-0.1, -0.05) is 18.2 Å². The molecular formula is C17H15NO3S2. The summed E-state index contributed by atoms with van der Waals surface area (Å²) < 4.78 is 27.6. The van der Waals surface area contributed by atoms with Gasteiger partial charge in [0.2, 0.25) is 0 Å². The number of aromatic hydroxyl groups is 1. The zero-order chi connectivity index (χ0) is 16.4. The fraction of sp³-hybridized carbons (Fsp3) is 0.0588. The molecule has 1 heterocycles. The molecule has 23 heavy (non-hydrogen) atoms. The number of anilines is 1. The number of phenolic OH excluding ortho intramolecular Hbond substituents is 1. The lowest BCUT2D eigenvalue weighted by Gasteiger charge is -2.12. The van der Waals surface area contributed by atoms with Crippen molar-refractivity contribution in [2.24, 2.45) is 0 Å². The van der Waals surface area contributed by atoms with Crippen LogP contribution in [0.1, 0.15) is 5.56 Å². The van der Waals surface area contributed by atoms with Crippen LogP contribution in [0.5, 0.6) is 5.75 Å². The minimum atomic E-state index is -3.70. The molecule has 0 atom stereocenters. The van der Waals surface area contributed by atoms with E-state index < -0.39 is 10.0 Å². The average Bonchev–Trinajstić information content (AvgIpc) is 3.04. The van der Waals surface area contributed by atoms with Gasteiger partial charge in [-0.25, -0.2) is 8.42 Å². The third-order valence-corrected chi connectivity index (χ3v) is 5.73. The van der Waals surface area contributed by atoms with Crippen LogP contribution in [0.3, 0.4) is 0 Å². The first-order valence-corrected chi connectivity index (χ1v) is 9.28. The van der Waals surface area contributed by atoms with Gasteiger partial charge in [0.15, 0.2) is 0 Å². The molecule has 0 spiro atoms. The molecule has 0 unspecified atom stereocenters. The van der Waals surface area contributed by atoms with Crippen LogP contribution in [0.15, 0.2) is 64.9 Å². The largest absolute Gasteiger partial charge is 0.508 e. The van der Waals surface area contributed by atoms with Crippen LogP contribution in [-0.4, -0.2) is 13.5 Å². The Balaban J connectivity index is 1.96. The maximum atomic E-state index is 12.5. The smallest absolute Gasteiger partial charge is 0.261 e. The van der Waals surface area contributed by atoms with Gasteiger partial charge in [-0.05, 0) is 59.8 Å². The molecule has 6 heteroatoms. The highest BCUT2D eigenvalue weighted by molar-refractivity contribution is 7.92. The van der Waals surface area contributed by atoms with Gasteiger partial charge in [0.05, 0.1) is 10.6 Å². The zero-order valence-corrected chi connectivity index (χ0v) is 14.0. The lowest BCUT2D eigenvalue weighted by molar-refractivity contribution is 0.475. The van der Waals surface area contributed by atoms with Gasteiger partial charge in [-0.15, -0.1) is 11.3 Å². The highest BCUT2D eigenvalue weighted by atomic mass is 32.2. The number of phenols is 1. The number of sulfonamides is 1. The molecule has 3 aromatic rings. The summed E-state index contributed by atoms with van der Waals surface area (Å²) in [5.74, 6) is 0.0276. The average molecular weight is 345 g/mol. The van der Waals surface area contributed by atoms with Crippen molar-refractivity contribution in [3.8, 4) is 16.2 Å². The van der Waals surface area contributed by atoms with E-state index in [9.17, 15) is 13.5 Å². The normalized spacial score (nSPS) is 11.3. The molecule has 0 amide bonds. The predicted molar refractivity (Wildman–Crippen MR) is 93.4 cm³/mol. The first-order chi connectivity index (χ1) is 11.0. The molecule has 0 aliphatic rings. The molecule has 0 aliphatic carbocycles. The Kier molecular flexibility index (Phi) is 4.11. The molecule has 0 saturated carbocycles. The summed E-state index contributed by atoms with van der Waals surface area (Å²) in [4.78, 5) is 1.19. The topological polar surface area (TPSA) is 66.4 Å². The SMILES string of the molecule is Cc1ccc(-c2cccs2)cc1NS(=O)(=O)c1ccc(O)cc1. The minimum absolute atomic E-state index is 0.0276. The standard InChI is InChI=1S/C17H15NO3S2/c1-12-4-5-13(17-3-2-10-22-17)11-16(12)18-23(20,21)15-8-6-14(19)7-9-15/h2-11,18-19H,1H3. The molecular weight excluding hydrogens is 330 g/mol. The van der Waals surface area contributed by atoms with Crippen LogP contribution in [0, 0.1) is 6.92 Å². The highest BCUT2D eigenvalue weighted by Crippen LogP contribution is 2.30. The molecule has 2 aromatic carbocycles. The van der Waals surface area contributed by atoms with Gasteiger partial charge < -0.3 is 5.11 Å². The first kappa shape index (κ1) is 15.6. The van der Waals surface area contributed by atoms with Gasteiger partial charge in [-0.2, -0.15) is 0 Å². The second kappa shape index (κ2) is 6.06. The summed E-state index contributed by atoms with van der Waals surface area (Å²) in [6.07, 6.45) is 0. The number of thiophene rings is 1. The molecule has 4 nitrogen and oxygen atoms in total. The number of aryl methyl sites for hydroxylation is 1. The van der Waals surface area contributed by atoms with Crippen molar-refractivity contribution < 1.29 is 13.5 Å². The lowest BCUT2D eigenvalue weighted by atomic mass is 10.1. The molecule has 3 rings (SSSR count). The van der Waals surface area contributed by atoms with Crippen molar-refractivity contribution in [1.29, 1.82) is 0 Å². The molecule has 118 valence electrons. The van der Waals surface area contributed by atoms with Crippen LogP contribution in [0.4, 0.5) is 5.69 Å². The summed E-state index contributed by atoms with van der Waals surface area (Å²) >= 11 is 1.60. The van der Waals surface area contributed by atoms with E-state index in [2.05, 4.69) is 4.72 Å². The van der Waals surface area contributed by atoms with Crippen molar-refractivity contribution in [3.05, 3.63) is 65.5 Å². The highest BCUT2D eigenvalue weighted by Gasteiger charge is 2.15. The van der Waals surface area contributed by atoms with E-state index in [0.717, 1.165) is 16.0 Å². The van der Waals surface area contributed by atoms with Crippen molar-refractivity contribution in [2.75, 3.05) is 4.72 Å². The minimum Gasteiger partial charge on any atom is -0.508 e. The molecule has 0 fully saturated rings. The van der Waals surface area contributed by atoms with E-state index in [1.54, 1.807) is 11.3 Å². The van der Waals surface area contributed by atoms with Gasteiger partial charge in [0.25, 0.3) is 10.0 Å². The maximum Gasteiger partial charge on any atom is 0.261 e. The Bertz CT molecular complexity index is 915. The van der Waals surface area contributed by atoms with Crippen LogP contribution in [-0.2, 0) is 10.0 Å². The number of rotatable bonds is 4. The molecule has 0 radical (unpaired) electrons. The second-order valence-electron chi connectivity index (χ2n) is 5.11. The van der Waals surface area contributed by atoms with Crippen molar-refractivity contribution in [1.82, 2.24) is 0 Å². The van der Waals surface area contributed by atoms with E-state index in [0.29, 0.717) is 5.69 Å². The van der Waals surface area contributed by atoms with Crippen LogP contribution in [0.2, 0.25) is 0 Å². The van der Waals surface area contributed by atoms with Crippen molar-refractivity contribution in [2.45, 2.75) is 11.8 Å². The monoisotopic (exact) mass is 345 g/mol. The quantitative estimate of drug-likeness (QED) is 0.743. The van der Waals surface area contributed by atoms with Crippen molar-refractivity contribution in [3.63, 3.8) is 0 Å². The molecule has 0 bridgehead atoms.